The highest BCUT2D eigenvalue weighted by Crippen LogP contribution is 2.10. The van der Waals surface area contributed by atoms with E-state index < -0.39 is 0 Å². The largest absolute Gasteiger partial charge is 0.314 e. The molecule has 0 aromatic heterocycles. The zero-order valence-electron chi connectivity index (χ0n) is 7.19. The van der Waals surface area contributed by atoms with Crippen molar-refractivity contribution in [2.45, 2.75) is 13.0 Å². The summed E-state index contributed by atoms with van der Waals surface area (Å²) in [6, 6.07) is 0.545. The lowest BCUT2D eigenvalue weighted by Crippen LogP contribution is -2.49. The van der Waals surface area contributed by atoms with Gasteiger partial charge in [0.2, 0.25) is 0 Å². The van der Waals surface area contributed by atoms with Gasteiger partial charge in [0.25, 0.3) is 0 Å². The third-order valence-electron chi connectivity index (χ3n) is 2.11. The fourth-order valence-electron chi connectivity index (χ4n) is 1.35. The predicted octanol–water partition coefficient (Wildman–Crippen LogP) is 1.60. The molecule has 1 rings (SSSR count). The summed E-state index contributed by atoms with van der Waals surface area (Å²) in [6.07, 6.45) is 0. The van der Waals surface area contributed by atoms with Crippen LogP contribution in [0.5, 0.6) is 0 Å². The lowest BCUT2D eigenvalue weighted by Gasteiger charge is -2.33. The lowest BCUT2D eigenvalue weighted by atomic mass is 10.2. The Bertz CT molecular complexity index is 170. The molecule has 1 aliphatic heterocycles. The first-order valence-electron chi connectivity index (χ1n) is 4.13. The molecule has 1 heterocycles. The van der Waals surface area contributed by atoms with Gasteiger partial charge in [0.05, 0.1) is 0 Å². The zero-order valence-corrected chi connectivity index (χ0v) is 8.70. The van der Waals surface area contributed by atoms with Crippen molar-refractivity contribution in [1.82, 2.24) is 10.2 Å². The van der Waals surface area contributed by atoms with E-state index in [1.54, 1.807) is 0 Å². The molecule has 0 bridgehead atoms. The van der Waals surface area contributed by atoms with Gasteiger partial charge in [-0.3, -0.25) is 4.90 Å². The van der Waals surface area contributed by atoms with Gasteiger partial charge in [-0.25, -0.2) is 0 Å². The zero-order chi connectivity index (χ0) is 8.97. The predicted molar refractivity (Wildman–Crippen MR) is 53.7 cm³/mol. The van der Waals surface area contributed by atoms with E-state index in [1.165, 1.54) is 5.54 Å². The average molecular weight is 209 g/mol. The van der Waals surface area contributed by atoms with E-state index in [2.05, 4.69) is 17.1 Å². The average Bonchev–Trinajstić information content (AvgIpc) is 2.09. The standard InChI is InChI=1S/C8H14Cl2N2/c1-7-5-11-2-3-12(7)6-8(10)4-9/h4,7,11H,2-3,5-6H2,1H3/t7-/m0/s1. The molecule has 2 nitrogen and oxygen atoms in total. The number of piperazine rings is 1. The van der Waals surface area contributed by atoms with Crippen LogP contribution >= 0.6 is 23.2 Å². The summed E-state index contributed by atoms with van der Waals surface area (Å²) >= 11 is 11.3. The van der Waals surface area contributed by atoms with Gasteiger partial charge in [-0.1, -0.05) is 23.2 Å². The molecule has 1 atom stereocenters. The van der Waals surface area contributed by atoms with Gasteiger partial charge in [-0.05, 0) is 6.92 Å². The molecule has 0 aliphatic carbocycles. The van der Waals surface area contributed by atoms with E-state index in [9.17, 15) is 0 Å². The number of hydrogen-bond acceptors (Lipinski definition) is 2. The Morgan fingerprint density at radius 3 is 3.08 bits per heavy atom. The molecule has 0 saturated carbocycles. The van der Waals surface area contributed by atoms with E-state index >= 15 is 0 Å². The van der Waals surface area contributed by atoms with Gasteiger partial charge in [-0.15, -0.1) is 0 Å². The van der Waals surface area contributed by atoms with E-state index in [0.29, 0.717) is 11.1 Å². The molecule has 12 heavy (non-hydrogen) atoms. The smallest absolute Gasteiger partial charge is 0.0434 e. The third kappa shape index (κ3) is 2.94. The molecule has 0 amide bonds. The van der Waals surface area contributed by atoms with Crippen LogP contribution in [0.2, 0.25) is 0 Å². The van der Waals surface area contributed by atoms with Crippen molar-refractivity contribution in [3.8, 4) is 0 Å². The molecule has 0 radical (unpaired) electrons. The molecule has 1 N–H and O–H groups in total. The highest BCUT2D eigenvalue weighted by molar-refractivity contribution is 6.36. The normalized spacial score (nSPS) is 27.6. The third-order valence-corrected chi connectivity index (χ3v) is 2.72. The van der Waals surface area contributed by atoms with Gasteiger partial charge in [-0.2, -0.15) is 0 Å². The van der Waals surface area contributed by atoms with E-state index in [4.69, 9.17) is 23.2 Å². The Kier molecular flexibility index (Phi) is 4.36. The summed E-state index contributed by atoms with van der Waals surface area (Å²) in [6.45, 7) is 6.07. The molecule has 1 aliphatic rings. The van der Waals surface area contributed by atoms with E-state index in [-0.39, 0.29) is 0 Å². The highest BCUT2D eigenvalue weighted by Gasteiger charge is 2.17. The van der Waals surface area contributed by atoms with Crippen molar-refractivity contribution in [3.05, 3.63) is 10.6 Å². The van der Waals surface area contributed by atoms with Crippen LogP contribution in [0.3, 0.4) is 0 Å². The summed E-state index contributed by atoms with van der Waals surface area (Å²) in [5.41, 5.74) is 1.44. The SMILES string of the molecule is C[C@H]1CNCCN1CC(Cl)=CCl. The summed E-state index contributed by atoms with van der Waals surface area (Å²) in [5.74, 6) is 0. The first-order valence-corrected chi connectivity index (χ1v) is 4.95. The van der Waals surface area contributed by atoms with Crippen LogP contribution in [0.15, 0.2) is 10.6 Å². The van der Waals surface area contributed by atoms with Crippen LogP contribution in [0.1, 0.15) is 6.92 Å². The van der Waals surface area contributed by atoms with Gasteiger partial charge in [0.1, 0.15) is 0 Å². The number of nitrogens with zero attached hydrogens (tertiary/aromatic N) is 1. The van der Waals surface area contributed by atoms with Crippen molar-refractivity contribution < 1.29 is 0 Å². The molecule has 0 unspecified atom stereocenters. The topological polar surface area (TPSA) is 15.3 Å². The highest BCUT2D eigenvalue weighted by atomic mass is 35.5. The number of halogens is 2. The van der Waals surface area contributed by atoms with Crippen molar-refractivity contribution >= 4 is 23.2 Å². The van der Waals surface area contributed by atoms with Crippen LogP contribution < -0.4 is 5.32 Å². The van der Waals surface area contributed by atoms with E-state index in [1.807, 2.05) is 0 Å². The van der Waals surface area contributed by atoms with Crippen LogP contribution in [0, 0.1) is 0 Å². The van der Waals surface area contributed by atoms with Crippen LogP contribution in [-0.4, -0.2) is 37.1 Å². The van der Waals surface area contributed by atoms with Gasteiger partial charge in [0.15, 0.2) is 0 Å². The fourth-order valence-corrected chi connectivity index (χ4v) is 1.57. The van der Waals surface area contributed by atoms with Gasteiger partial charge in [0, 0.05) is 42.8 Å². The maximum absolute atomic E-state index is 5.83. The Hall–Kier alpha value is 0.240. The number of hydrogen-bond donors (Lipinski definition) is 1. The van der Waals surface area contributed by atoms with Crippen molar-refractivity contribution in [1.29, 1.82) is 0 Å². The van der Waals surface area contributed by atoms with Crippen molar-refractivity contribution in [2.24, 2.45) is 0 Å². The molecule has 0 aromatic carbocycles. The maximum Gasteiger partial charge on any atom is 0.0434 e. The van der Waals surface area contributed by atoms with Crippen molar-refractivity contribution in [3.63, 3.8) is 0 Å². The van der Waals surface area contributed by atoms with Gasteiger partial charge >= 0.3 is 0 Å². The Labute approximate surface area is 83.5 Å². The summed E-state index contributed by atoms with van der Waals surface area (Å²) in [5, 5.41) is 4.03. The summed E-state index contributed by atoms with van der Waals surface area (Å²) < 4.78 is 0. The molecule has 70 valence electrons. The van der Waals surface area contributed by atoms with Crippen molar-refractivity contribution in [2.75, 3.05) is 26.2 Å². The number of rotatable bonds is 2. The molecular formula is C8H14Cl2N2. The second kappa shape index (κ2) is 5.07. The molecular weight excluding hydrogens is 195 g/mol. The Morgan fingerprint density at radius 1 is 1.75 bits per heavy atom. The Morgan fingerprint density at radius 2 is 2.50 bits per heavy atom. The molecule has 0 spiro atoms. The lowest BCUT2D eigenvalue weighted by molar-refractivity contribution is 0.191. The molecule has 1 fully saturated rings. The minimum absolute atomic E-state index is 0.545. The first kappa shape index (κ1) is 10.3. The second-order valence-corrected chi connectivity index (χ2v) is 3.78. The minimum atomic E-state index is 0.545. The summed E-state index contributed by atoms with van der Waals surface area (Å²) in [7, 11) is 0. The van der Waals surface area contributed by atoms with Crippen LogP contribution in [0.25, 0.3) is 0 Å². The molecule has 4 heteroatoms. The quantitative estimate of drug-likeness (QED) is 0.743. The second-order valence-electron chi connectivity index (χ2n) is 3.08. The van der Waals surface area contributed by atoms with E-state index in [0.717, 1.165) is 26.2 Å². The monoisotopic (exact) mass is 208 g/mol. The van der Waals surface area contributed by atoms with Crippen LogP contribution in [-0.2, 0) is 0 Å². The summed E-state index contributed by atoms with van der Waals surface area (Å²) in [4.78, 5) is 2.32. The molecule has 0 aromatic rings. The minimum Gasteiger partial charge on any atom is -0.314 e. The first-order chi connectivity index (χ1) is 5.74. The maximum atomic E-state index is 5.83. The number of nitrogens with one attached hydrogen (secondary N) is 1. The Balaban J connectivity index is 2.39. The van der Waals surface area contributed by atoms with Crippen LogP contribution in [0.4, 0.5) is 0 Å². The fraction of sp³-hybridized carbons (Fsp3) is 0.750. The van der Waals surface area contributed by atoms with Gasteiger partial charge < -0.3 is 5.32 Å². The molecule has 1 saturated heterocycles.